The molecule has 26 heavy (non-hydrogen) atoms. The van der Waals surface area contributed by atoms with E-state index in [1.807, 2.05) is 19.1 Å². The van der Waals surface area contributed by atoms with Crippen LogP contribution in [-0.4, -0.2) is 36.4 Å². The highest BCUT2D eigenvalue weighted by Gasteiger charge is 2.13. The molecular formula is C21H32O5. The first-order valence-electron chi connectivity index (χ1n) is 9.07. The lowest BCUT2D eigenvalue weighted by atomic mass is 10.1. The maximum atomic E-state index is 11.6. The Kier molecular flexibility index (Phi) is 15.0. The van der Waals surface area contributed by atoms with Crippen molar-refractivity contribution in [3.05, 3.63) is 48.1 Å². The number of esters is 2. The van der Waals surface area contributed by atoms with E-state index in [0.717, 1.165) is 24.8 Å². The summed E-state index contributed by atoms with van der Waals surface area (Å²) in [7, 11) is 0. The third-order valence-electron chi connectivity index (χ3n) is 3.26. The van der Waals surface area contributed by atoms with Gasteiger partial charge in [-0.1, -0.05) is 42.4 Å². The second kappa shape index (κ2) is 16.3. The van der Waals surface area contributed by atoms with E-state index in [0.29, 0.717) is 0 Å². The summed E-state index contributed by atoms with van der Waals surface area (Å²) >= 11 is 0. The van der Waals surface area contributed by atoms with Crippen LogP contribution in [0, 0.1) is 0 Å². The van der Waals surface area contributed by atoms with E-state index in [9.17, 15) is 9.59 Å². The van der Waals surface area contributed by atoms with Gasteiger partial charge in [0.15, 0.2) is 6.10 Å². The van der Waals surface area contributed by atoms with Gasteiger partial charge in [-0.25, -0.2) is 9.59 Å². The van der Waals surface area contributed by atoms with Gasteiger partial charge in [0.1, 0.15) is 6.61 Å². The van der Waals surface area contributed by atoms with E-state index in [4.69, 9.17) is 14.6 Å². The molecule has 0 bridgehead atoms. The fraction of sp³-hybridized carbons (Fsp3) is 0.524. The highest BCUT2D eigenvalue weighted by Crippen LogP contribution is 2.04. The van der Waals surface area contributed by atoms with Gasteiger partial charge in [-0.3, -0.25) is 0 Å². The summed E-state index contributed by atoms with van der Waals surface area (Å²) in [6.07, 6.45) is 17.0. The van der Waals surface area contributed by atoms with Crippen molar-refractivity contribution in [3.8, 4) is 0 Å². The molecule has 0 fully saturated rings. The largest absolute Gasteiger partial charge is 0.458 e. The standard InChI is InChI=1S/C21H32O5/c1-4-5-6-7-8-9-10-11-12-13-14-20(23)25-17-19(16-22)26-21(24)15-18(2)3/h4-5,11-15,19,22H,6-10,16-17H2,1-3H3. The number of carbonyl (C=O) groups excluding carboxylic acids is 2. The molecule has 0 aromatic rings. The summed E-state index contributed by atoms with van der Waals surface area (Å²) in [5.74, 6) is -1.11. The zero-order chi connectivity index (χ0) is 19.6. The lowest BCUT2D eigenvalue weighted by Gasteiger charge is -2.14. The van der Waals surface area contributed by atoms with Crippen LogP contribution in [0.2, 0.25) is 0 Å². The van der Waals surface area contributed by atoms with Crippen molar-refractivity contribution in [1.29, 1.82) is 0 Å². The van der Waals surface area contributed by atoms with Gasteiger partial charge >= 0.3 is 11.9 Å². The average Bonchev–Trinajstić information content (AvgIpc) is 2.59. The Morgan fingerprint density at radius 2 is 1.69 bits per heavy atom. The van der Waals surface area contributed by atoms with E-state index in [1.54, 1.807) is 19.9 Å². The van der Waals surface area contributed by atoms with Gasteiger partial charge in [-0.2, -0.15) is 0 Å². The minimum Gasteiger partial charge on any atom is -0.458 e. The Balaban J connectivity index is 3.94. The van der Waals surface area contributed by atoms with Gasteiger partial charge in [-0.05, 0) is 46.5 Å². The van der Waals surface area contributed by atoms with Crippen molar-refractivity contribution in [2.75, 3.05) is 13.2 Å². The van der Waals surface area contributed by atoms with Crippen molar-refractivity contribution >= 4 is 11.9 Å². The zero-order valence-corrected chi connectivity index (χ0v) is 16.1. The molecule has 0 rings (SSSR count). The zero-order valence-electron chi connectivity index (χ0n) is 16.1. The van der Waals surface area contributed by atoms with Crippen LogP contribution in [0.25, 0.3) is 0 Å². The van der Waals surface area contributed by atoms with Crippen LogP contribution in [0.1, 0.15) is 52.9 Å². The van der Waals surface area contributed by atoms with Crippen LogP contribution in [0.4, 0.5) is 0 Å². The number of hydrogen-bond donors (Lipinski definition) is 1. The van der Waals surface area contributed by atoms with Crippen LogP contribution < -0.4 is 0 Å². The highest BCUT2D eigenvalue weighted by molar-refractivity contribution is 5.83. The quantitative estimate of drug-likeness (QED) is 0.176. The second-order valence-corrected chi connectivity index (χ2v) is 6.09. The Morgan fingerprint density at radius 3 is 2.31 bits per heavy atom. The molecule has 0 amide bonds. The number of aliphatic hydroxyl groups excluding tert-OH is 1. The van der Waals surface area contributed by atoms with Crippen LogP contribution in [0.3, 0.4) is 0 Å². The summed E-state index contributed by atoms with van der Waals surface area (Å²) < 4.78 is 9.94. The minimum atomic E-state index is -0.867. The monoisotopic (exact) mass is 364 g/mol. The van der Waals surface area contributed by atoms with E-state index in [-0.39, 0.29) is 6.61 Å². The van der Waals surface area contributed by atoms with Crippen molar-refractivity contribution in [2.45, 2.75) is 59.0 Å². The van der Waals surface area contributed by atoms with Crippen molar-refractivity contribution in [2.24, 2.45) is 0 Å². The lowest BCUT2D eigenvalue weighted by molar-refractivity contribution is -0.155. The summed E-state index contributed by atoms with van der Waals surface area (Å²) in [4.78, 5) is 23.0. The Labute approximate surface area is 157 Å². The molecule has 0 aromatic carbocycles. The molecule has 1 N–H and O–H groups in total. The van der Waals surface area contributed by atoms with Crippen LogP contribution in [0.15, 0.2) is 48.1 Å². The fourth-order valence-electron chi connectivity index (χ4n) is 1.96. The summed E-state index contributed by atoms with van der Waals surface area (Å²) in [5.41, 5.74) is 0.788. The number of rotatable bonds is 13. The molecule has 0 aromatic heterocycles. The number of hydrogen-bond acceptors (Lipinski definition) is 5. The SMILES string of the molecule is CC=CCCCCCC=CC=CC(=O)OCC(CO)OC(=O)C=C(C)C. The van der Waals surface area contributed by atoms with Crippen LogP contribution in [-0.2, 0) is 19.1 Å². The minimum absolute atomic E-state index is 0.183. The first-order chi connectivity index (χ1) is 12.5. The molecule has 0 aliphatic carbocycles. The van der Waals surface area contributed by atoms with Gasteiger partial charge in [0.05, 0.1) is 6.61 Å². The number of aliphatic hydroxyl groups is 1. The molecule has 0 heterocycles. The molecule has 0 saturated heterocycles. The van der Waals surface area contributed by atoms with Gasteiger partial charge < -0.3 is 14.6 Å². The van der Waals surface area contributed by atoms with E-state index in [1.165, 1.54) is 25.0 Å². The van der Waals surface area contributed by atoms with Crippen LogP contribution >= 0.6 is 0 Å². The molecule has 1 atom stereocenters. The predicted molar refractivity (Wildman–Crippen MR) is 104 cm³/mol. The molecule has 0 aliphatic rings. The lowest BCUT2D eigenvalue weighted by Crippen LogP contribution is -2.27. The van der Waals surface area contributed by atoms with E-state index < -0.39 is 24.6 Å². The third-order valence-corrected chi connectivity index (χ3v) is 3.26. The number of allylic oxidation sites excluding steroid dienone is 6. The van der Waals surface area contributed by atoms with Gasteiger partial charge in [0.25, 0.3) is 0 Å². The molecule has 5 heteroatoms. The summed E-state index contributed by atoms with van der Waals surface area (Å²) in [5, 5.41) is 9.16. The molecule has 1 unspecified atom stereocenters. The molecule has 0 radical (unpaired) electrons. The number of ether oxygens (including phenoxy) is 2. The Hall–Kier alpha value is -2.14. The van der Waals surface area contributed by atoms with Gasteiger partial charge in [0, 0.05) is 12.2 Å². The normalized spacial score (nSPS) is 12.6. The Bertz CT molecular complexity index is 510. The van der Waals surface area contributed by atoms with E-state index in [2.05, 4.69) is 12.2 Å². The molecule has 0 saturated carbocycles. The summed E-state index contributed by atoms with van der Waals surface area (Å²) in [6.45, 7) is 4.96. The van der Waals surface area contributed by atoms with E-state index >= 15 is 0 Å². The highest BCUT2D eigenvalue weighted by atomic mass is 16.6. The van der Waals surface area contributed by atoms with Crippen molar-refractivity contribution < 1.29 is 24.2 Å². The van der Waals surface area contributed by atoms with Gasteiger partial charge in [0.2, 0.25) is 0 Å². The molecular weight excluding hydrogens is 332 g/mol. The fourth-order valence-corrected chi connectivity index (χ4v) is 1.96. The van der Waals surface area contributed by atoms with Crippen molar-refractivity contribution in [3.63, 3.8) is 0 Å². The topological polar surface area (TPSA) is 72.8 Å². The molecule has 0 aliphatic heterocycles. The molecule has 146 valence electrons. The second-order valence-electron chi connectivity index (χ2n) is 6.09. The van der Waals surface area contributed by atoms with Crippen molar-refractivity contribution in [1.82, 2.24) is 0 Å². The predicted octanol–water partition coefficient (Wildman–Crippen LogP) is 4.04. The smallest absolute Gasteiger partial charge is 0.331 e. The average molecular weight is 364 g/mol. The van der Waals surface area contributed by atoms with Crippen LogP contribution in [0.5, 0.6) is 0 Å². The molecule has 5 nitrogen and oxygen atoms in total. The number of unbranched alkanes of at least 4 members (excludes halogenated alkanes) is 4. The molecule has 0 spiro atoms. The summed E-state index contributed by atoms with van der Waals surface area (Å²) in [6, 6.07) is 0. The third kappa shape index (κ3) is 15.4. The maximum absolute atomic E-state index is 11.6. The first-order valence-corrected chi connectivity index (χ1v) is 9.07. The Morgan fingerprint density at radius 1 is 1.00 bits per heavy atom. The maximum Gasteiger partial charge on any atom is 0.331 e. The first kappa shape index (κ1) is 23.9. The number of carbonyl (C=O) groups is 2. The van der Waals surface area contributed by atoms with Gasteiger partial charge in [-0.15, -0.1) is 0 Å².